The van der Waals surface area contributed by atoms with E-state index in [1.165, 1.54) is 13.2 Å². The van der Waals surface area contributed by atoms with E-state index in [2.05, 4.69) is 38.4 Å². The number of carbonyl (C=O) groups is 4. The largest absolute Gasteiger partial charge is 0.503 e. The van der Waals surface area contributed by atoms with Gasteiger partial charge >= 0.3 is 0 Å². The minimum atomic E-state index is -2.77. The first-order chi connectivity index (χ1) is 24.5. The van der Waals surface area contributed by atoms with E-state index < -0.39 is 104 Å². The quantitative estimate of drug-likeness (QED) is 0.0696. The highest BCUT2D eigenvalue weighted by Gasteiger charge is 2.77. The lowest BCUT2D eigenvalue weighted by Gasteiger charge is -2.51. The van der Waals surface area contributed by atoms with Crippen molar-refractivity contribution in [3.05, 3.63) is 97.7 Å². The summed E-state index contributed by atoms with van der Waals surface area (Å²) in [5.41, 5.74) is -0.691. The zero-order valence-electron chi connectivity index (χ0n) is 26.3. The molecule has 8 nitrogen and oxygen atoms in total. The number of methoxy groups -OCH3 is 1. The molecule has 6 atom stereocenters. The standard InChI is InChI=1S/C35H21Br2Cl2F5N2O6/c1-3-12-4-6-13(7-5-12)45-30(48)15-9-8-14-17(19(15)31(45)49)11-34(38)32(50)46(28-26(43)24(41)23(40)25(42)27(28)44)33(51)35(34,39)20(14)16-10-18(52-2)29(47)22(37)21(16)36/h3-8,10,15,17,19-20,47H,1,9,11H2,2H3. The van der Waals surface area contributed by atoms with Gasteiger partial charge in [-0.2, -0.15) is 0 Å². The van der Waals surface area contributed by atoms with Crippen molar-refractivity contribution in [2.75, 3.05) is 16.9 Å². The van der Waals surface area contributed by atoms with Gasteiger partial charge in [-0.3, -0.25) is 24.1 Å². The van der Waals surface area contributed by atoms with Crippen molar-refractivity contribution in [2.24, 2.45) is 17.8 Å². The van der Waals surface area contributed by atoms with Crippen LogP contribution in [0.1, 0.15) is 29.9 Å². The number of hydrogen-bond donors (Lipinski definition) is 1. The van der Waals surface area contributed by atoms with E-state index in [1.807, 2.05) is 0 Å². The van der Waals surface area contributed by atoms with Crippen molar-refractivity contribution >= 4 is 96.1 Å². The highest BCUT2D eigenvalue weighted by Crippen LogP contribution is 2.67. The number of benzene rings is 3. The molecule has 0 spiro atoms. The van der Waals surface area contributed by atoms with Gasteiger partial charge in [-0.1, -0.05) is 36.4 Å². The maximum Gasteiger partial charge on any atom is 0.258 e. The molecule has 2 heterocycles. The molecule has 270 valence electrons. The molecule has 52 heavy (non-hydrogen) atoms. The van der Waals surface area contributed by atoms with Crippen molar-refractivity contribution in [2.45, 2.75) is 28.5 Å². The monoisotopic (exact) mass is 888 g/mol. The van der Waals surface area contributed by atoms with E-state index in [9.17, 15) is 37.5 Å². The first kappa shape index (κ1) is 36.6. The number of halogens is 9. The zero-order chi connectivity index (χ0) is 37.9. The third kappa shape index (κ3) is 4.61. The van der Waals surface area contributed by atoms with Crippen LogP contribution in [0.25, 0.3) is 6.08 Å². The number of aromatic hydroxyl groups is 1. The molecule has 0 radical (unpaired) electrons. The SMILES string of the molecule is C=Cc1ccc(N2C(=O)C3CC=C4C(CC5(Cl)C(=O)N(c6c(F)c(F)c(F)c(F)c6F)C(=O)C5(Cl)C4c4cc(OC)c(O)c(Br)c4Br)C3C2=O)cc1. The van der Waals surface area contributed by atoms with Crippen LogP contribution in [0.15, 0.2) is 57.5 Å². The molecule has 2 aliphatic carbocycles. The summed E-state index contributed by atoms with van der Waals surface area (Å²) in [6.07, 6.45) is 2.40. The van der Waals surface area contributed by atoms with Gasteiger partial charge in [0.25, 0.3) is 11.8 Å². The molecule has 1 saturated carbocycles. The van der Waals surface area contributed by atoms with Crippen LogP contribution in [0.5, 0.6) is 11.5 Å². The van der Waals surface area contributed by atoms with E-state index in [0.29, 0.717) is 5.56 Å². The van der Waals surface area contributed by atoms with Crippen LogP contribution in [0.2, 0.25) is 0 Å². The lowest BCUT2D eigenvalue weighted by Crippen LogP contribution is -2.60. The van der Waals surface area contributed by atoms with Gasteiger partial charge in [-0.25, -0.2) is 26.9 Å². The van der Waals surface area contributed by atoms with E-state index in [4.69, 9.17) is 27.9 Å². The third-order valence-corrected chi connectivity index (χ3v) is 13.9. The second-order valence-corrected chi connectivity index (χ2v) is 15.5. The van der Waals surface area contributed by atoms with Crippen LogP contribution < -0.4 is 14.5 Å². The average molecular weight is 891 g/mol. The minimum Gasteiger partial charge on any atom is -0.503 e. The molecule has 3 fully saturated rings. The summed E-state index contributed by atoms with van der Waals surface area (Å²) in [6.45, 7) is 3.69. The molecule has 4 aliphatic rings. The number of carbonyl (C=O) groups excluding carboxylic acids is 4. The first-order valence-electron chi connectivity index (χ1n) is 15.3. The van der Waals surface area contributed by atoms with Gasteiger partial charge in [0.1, 0.15) is 5.69 Å². The normalized spacial score (nSPS) is 28.2. The number of allylic oxidation sites excluding steroid dienone is 2. The van der Waals surface area contributed by atoms with Gasteiger partial charge in [-0.05, 0) is 79.9 Å². The maximum absolute atomic E-state index is 15.3. The molecule has 4 amide bonds. The number of amides is 4. The van der Waals surface area contributed by atoms with E-state index >= 15 is 8.78 Å². The summed E-state index contributed by atoms with van der Waals surface area (Å²) in [5, 5.41) is 10.7. The second-order valence-electron chi connectivity index (χ2n) is 12.6. The molecule has 3 aromatic rings. The van der Waals surface area contributed by atoms with Gasteiger partial charge in [0.05, 0.1) is 29.1 Å². The van der Waals surface area contributed by atoms with Crippen LogP contribution in [0.3, 0.4) is 0 Å². The predicted octanol–water partition coefficient (Wildman–Crippen LogP) is 8.03. The van der Waals surface area contributed by atoms with Crippen molar-refractivity contribution in [3.8, 4) is 11.5 Å². The molecule has 3 aromatic carbocycles. The summed E-state index contributed by atoms with van der Waals surface area (Å²) < 4.78 is 79.1. The molecule has 2 aliphatic heterocycles. The van der Waals surface area contributed by atoms with Gasteiger partial charge in [0.15, 0.2) is 44.5 Å². The van der Waals surface area contributed by atoms with Crippen LogP contribution in [0, 0.1) is 46.8 Å². The Balaban J connectivity index is 1.46. The number of nitrogens with zero attached hydrogens (tertiary/aromatic N) is 2. The van der Waals surface area contributed by atoms with Crippen molar-refractivity contribution in [1.82, 2.24) is 0 Å². The number of fused-ring (bicyclic) bond motifs is 4. The number of alkyl halides is 2. The summed E-state index contributed by atoms with van der Waals surface area (Å²) in [7, 11) is 1.21. The molecule has 2 saturated heterocycles. The number of rotatable bonds is 5. The Morgan fingerprint density at radius 2 is 1.48 bits per heavy atom. The van der Waals surface area contributed by atoms with Crippen molar-refractivity contribution in [3.63, 3.8) is 0 Å². The summed E-state index contributed by atoms with van der Waals surface area (Å²) >= 11 is 21.0. The second kappa shape index (κ2) is 12.4. The topological polar surface area (TPSA) is 104 Å². The fraction of sp³-hybridized carbons (Fsp3) is 0.257. The zero-order valence-corrected chi connectivity index (χ0v) is 30.9. The lowest BCUT2D eigenvalue weighted by molar-refractivity contribution is -0.125. The Morgan fingerprint density at radius 1 is 0.885 bits per heavy atom. The first-order valence-corrected chi connectivity index (χ1v) is 17.6. The average Bonchev–Trinajstić information content (AvgIpc) is 3.47. The van der Waals surface area contributed by atoms with Crippen LogP contribution >= 0.6 is 55.1 Å². The summed E-state index contributed by atoms with van der Waals surface area (Å²) in [6, 6.07) is 7.64. The fourth-order valence-corrected chi connectivity index (χ4v) is 9.79. The number of ether oxygens (including phenoxy) is 1. The number of phenols is 1. The number of imide groups is 2. The van der Waals surface area contributed by atoms with E-state index in [1.54, 1.807) is 36.4 Å². The van der Waals surface area contributed by atoms with Gasteiger partial charge in [-0.15, -0.1) is 23.2 Å². The smallest absolute Gasteiger partial charge is 0.258 e. The molecule has 17 heteroatoms. The molecule has 1 N–H and O–H groups in total. The highest BCUT2D eigenvalue weighted by molar-refractivity contribution is 9.13. The molecule has 6 unspecified atom stereocenters. The van der Waals surface area contributed by atoms with E-state index in [0.717, 1.165) is 4.90 Å². The Kier molecular flexibility index (Phi) is 8.71. The number of phenolic OH excluding ortho intramolecular Hbond substituents is 1. The Morgan fingerprint density at radius 3 is 2.06 bits per heavy atom. The van der Waals surface area contributed by atoms with Crippen molar-refractivity contribution < 1.29 is 51.0 Å². The van der Waals surface area contributed by atoms with Gasteiger partial charge in [0, 0.05) is 10.4 Å². The van der Waals surface area contributed by atoms with E-state index in [-0.39, 0.29) is 42.8 Å². The lowest BCUT2D eigenvalue weighted by atomic mass is 9.56. The molecular weight excluding hydrogens is 870 g/mol. The third-order valence-electron chi connectivity index (χ3n) is 10.3. The van der Waals surface area contributed by atoms with Crippen LogP contribution in [-0.4, -0.2) is 45.6 Å². The maximum atomic E-state index is 15.3. The van der Waals surface area contributed by atoms with Crippen LogP contribution in [0.4, 0.5) is 33.3 Å². The predicted molar refractivity (Wildman–Crippen MR) is 186 cm³/mol. The number of hydrogen-bond acceptors (Lipinski definition) is 6. The van der Waals surface area contributed by atoms with Gasteiger partial charge in [0.2, 0.25) is 17.6 Å². The van der Waals surface area contributed by atoms with Crippen LogP contribution in [-0.2, 0) is 19.2 Å². The molecule has 0 aromatic heterocycles. The molecule has 7 rings (SSSR count). The highest BCUT2D eigenvalue weighted by atomic mass is 79.9. The number of anilines is 2. The summed E-state index contributed by atoms with van der Waals surface area (Å²) in [4.78, 5) is 52.4. The molecule has 0 bridgehead atoms. The summed E-state index contributed by atoms with van der Waals surface area (Å²) in [5.74, 6) is -22.4. The van der Waals surface area contributed by atoms with Crippen molar-refractivity contribution in [1.29, 1.82) is 0 Å². The minimum absolute atomic E-state index is 0.0185. The fourth-order valence-electron chi connectivity index (χ4n) is 7.90. The van der Waals surface area contributed by atoms with Gasteiger partial charge < -0.3 is 9.84 Å². The Hall–Kier alpha value is -3.79. The molecular formula is C35H21Br2Cl2F5N2O6. The Labute approximate surface area is 318 Å². The Bertz CT molecular complexity index is 2200.